The summed E-state index contributed by atoms with van der Waals surface area (Å²) in [5, 5.41) is 0. The van der Waals surface area contributed by atoms with Crippen molar-refractivity contribution in [2.45, 2.75) is 24.9 Å². The van der Waals surface area contributed by atoms with Crippen molar-refractivity contribution in [3.63, 3.8) is 0 Å². The zero-order valence-electron chi connectivity index (χ0n) is 10.9. The predicted octanol–water partition coefficient (Wildman–Crippen LogP) is 1.16. The molecule has 0 rings (SSSR count). The zero-order chi connectivity index (χ0) is 12.4. The van der Waals surface area contributed by atoms with Crippen LogP contribution in [-0.2, 0) is 22.1 Å². The number of unbranched alkanes of at least 4 members (excludes halogenated alkanes) is 1. The van der Waals surface area contributed by atoms with E-state index in [0.29, 0.717) is 0 Å². The van der Waals surface area contributed by atoms with Crippen molar-refractivity contribution < 1.29 is 22.1 Å². The predicted molar refractivity (Wildman–Crippen MR) is 66.8 cm³/mol. The summed E-state index contributed by atoms with van der Waals surface area (Å²) in [6.07, 6.45) is 2.07. The zero-order valence-corrected chi connectivity index (χ0v) is 13.1. The topological polar surface area (TPSA) is 46.2 Å². The minimum absolute atomic E-state index is 0.838. The molecular formula is C9H24O5Si2. The number of hydrogen-bond acceptors (Lipinski definition) is 5. The lowest BCUT2D eigenvalue weighted by Crippen LogP contribution is -2.42. The number of rotatable bonds is 10. The quantitative estimate of drug-likeness (QED) is 0.439. The van der Waals surface area contributed by atoms with Crippen LogP contribution in [0.25, 0.3) is 0 Å². The first-order valence-electron chi connectivity index (χ1n) is 5.39. The second kappa shape index (κ2) is 9.28. The Labute approximate surface area is 101 Å². The summed E-state index contributed by atoms with van der Waals surface area (Å²) in [5.74, 6) is 0. The van der Waals surface area contributed by atoms with E-state index in [1.54, 1.807) is 35.5 Å². The summed E-state index contributed by atoms with van der Waals surface area (Å²) >= 11 is 0. The molecule has 0 aliphatic rings. The fraction of sp³-hybridized carbons (Fsp3) is 1.00. The molecule has 0 aliphatic carbocycles. The van der Waals surface area contributed by atoms with Crippen molar-refractivity contribution in [3.05, 3.63) is 0 Å². The van der Waals surface area contributed by atoms with Crippen LogP contribution in [0, 0.1) is 0 Å². The van der Waals surface area contributed by atoms with Crippen LogP contribution in [-0.4, -0.2) is 53.6 Å². The molecule has 5 nitrogen and oxygen atoms in total. The maximum Gasteiger partial charge on any atom is 0.500 e. The van der Waals surface area contributed by atoms with Crippen LogP contribution in [0.3, 0.4) is 0 Å². The van der Waals surface area contributed by atoms with Crippen LogP contribution in [0.1, 0.15) is 12.8 Å². The van der Waals surface area contributed by atoms with E-state index in [2.05, 4.69) is 0 Å². The maximum atomic E-state index is 5.34. The standard InChI is InChI=1S/C9H24O5Si2/c1-10-15(11-2)8-6-7-9-16(12-3,13-4)14-5/h15H,6-9H2,1-5H3. The molecule has 0 aliphatic heterocycles. The summed E-state index contributed by atoms with van der Waals surface area (Å²) in [5.41, 5.74) is 0. The normalized spacial score (nSPS) is 12.4. The van der Waals surface area contributed by atoms with Crippen molar-refractivity contribution in [1.82, 2.24) is 0 Å². The Morgan fingerprint density at radius 2 is 1.31 bits per heavy atom. The van der Waals surface area contributed by atoms with Crippen molar-refractivity contribution in [3.8, 4) is 0 Å². The fourth-order valence-electron chi connectivity index (χ4n) is 1.54. The lowest BCUT2D eigenvalue weighted by molar-refractivity contribution is 0.123. The number of hydrogen-bond donors (Lipinski definition) is 0. The molecule has 7 heteroatoms. The molecule has 0 bridgehead atoms. The van der Waals surface area contributed by atoms with Gasteiger partial charge in [-0.05, 0) is 12.5 Å². The molecule has 0 N–H and O–H groups in total. The molecule has 0 fully saturated rings. The summed E-state index contributed by atoms with van der Waals surface area (Å²) in [7, 11) is 4.55. The maximum absolute atomic E-state index is 5.34. The largest absolute Gasteiger partial charge is 0.500 e. The Morgan fingerprint density at radius 3 is 1.69 bits per heavy atom. The van der Waals surface area contributed by atoms with Gasteiger partial charge in [-0.3, -0.25) is 0 Å². The Bertz CT molecular complexity index is 154. The van der Waals surface area contributed by atoms with Gasteiger partial charge in [0.15, 0.2) is 0 Å². The minimum atomic E-state index is -2.38. The van der Waals surface area contributed by atoms with Gasteiger partial charge < -0.3 is 22.1 Å². The van der Waals surface area contributed by atoms with Crippen LogP contribution in [0.5, 0.6) is 0 Å². The third-order valence-corrected chi connectivity index (χ3v) is 7.39. The molecule has 0 unspecified atom stereocenters. The molecule has 0 atom stereocenters. The van der Waals surface area contributed by atoms with E-state index in [1.165, 1.54) is 0 Å². The SMILES string of the molecule is CO[SiH](CCCC[Si](OC)(OC)OC)OC. The monoisotopic (exact) mass is 268 g/mol. The highest BCUT2D eigenvalue weighted by atomic mass is 28.4. The summed E-state index contributed by atoms with van der Waals surface area (Å²) in [6.45, 7) is 0. The van der Waals surface area contributed by atoms with E-state index in [9.17, 15) is 0 Å². The Morgan fingerprint density at radius 1 is 0.812 bits per heavy atom. The fourth-order valence-corrected chi connectivity index (χ4v) is 4.62. The van der Waals surface area contributed by atoms with Crippen LogP contribution in [0.4, 0.5) is 0 Å². The Hall–Kier alpha value is 0.234. The molecule has 0 radical (unpaired) electrons. The van der Waals surface area contributed by atoms with E-state index in [4.69, 9.17) is 22.1 Å². The van der Waals surface area contributed by atoms with Gasteiger partial charge in [0.25, 0.3) is 0 Å². The van der Waals surface area contributed by atoms with Crippen molar-refractivity contribution in [2.75, 3.05) is 35.5 Å². The lowest BCUT2D eigenvalue weighted by atomic mass is 10.4. The van der Waals surface area contributed by atoms with E-state index in [0.717, 1.165) is 24.9 Å². The van der Waals surface area contributed by atoms with E-state index < -0.39 is 18.1 Å². The van der Waals surface area contributed by atoms with Gasteiger partial charge in [-0.25, -0.2) is 0 Å². The van der Waals surface area contributed by atoms with Gasteiger partial charge in [0.2, 0.25) is 0 Å². The van der Waals surface area contributed by atoms with Crippen LogP contribution in [0.2, 0.25) is 12.1 Å². The van der Waals surface area contributed by atoms with Gasteiger partial charge >= 0.3 is 18.1 Å². The lowest BCUT2D eigenvalue weighted by Gasteiger charge is -2.24. The molecule has 0 saturated heterocycles. The highest BCUT2D eigenvalue weighted by Crippen LogP contribution is 2.17. The Balaban J connectivity index is 3.78. The molecule has 0 spiro atoms. The van der Waals surface area contributed by atoms with Gasteiger partial charge in [0.1, 0.15) is 0 Å². The highest BCUT2D eigenvalue weighted by molar-refractivity contribution is 6.60. The highest BCUT2D eigenvalue weighted by Gasteiger charge is 2.36. The molecule has 0 aromatic rings. The van der Waals surface area contributed by atoms with Gasteiger partial charge in [-0.15, -0.1) is 0 Å². The third-order valence-electron chi connectivity index (χ3n) is 2.63. The molecular weight excluding hydrogens is 244 g/mol. The van der Waals surface area contributed by atoms with Crippen LogP contribution >= 0.6 is 0 Å². The first kappa shape index (κ1) is 16.2. The van der Waals surface area contributed by atoms with E-state index >= 15 is 0 Å². The van der Waals surface area contributed by atoms with Gasteiger partial charge in [-0.2, -0.15) is 0 Å². The van der Waals surface area contributed by atoms with Gasteiger partial charge in [-0.1, -0.05) is 6.42 Å². The van der Waals surface area contributed by atoms with E-state index in [-0.39, 0.29) is 0 Å². The summed E-state index contributed by atoms with van der Waals surface area (Å²) in [4.78, 5) is 0. The molecule has 0 heterocycles. The minimum Gasteiger partial charge on any atom is -0.400 e. The van der Waals surface area contributed by atoms with Crippen molar-refractivity contribution in [2.24, 2.45) is 0 Å². The van der Waals surface area contributed by atoms with Crippen LogP contribution in [0.15, 0.2) is 0 Å². The van der Waals surface area contributed by atoms with Crippen LogP contribution < -0.4 is 0 Å². The Kier molecular flexibility index (Phi) is 9.42. The van der Waals surface area contributed by atoms with E-state index in [1.807, 2.05) is 0 Å². The molecule has 98 valence electrons. The van der Waals surface area contributed by atoms with Gasteiger partial charge in [0, 0.05) is 41.6 Å². The van der Waals surface area contributed by atoms with Crippen molar-refractivity contribution >= 4 is 18.1 Å². The summed E-state index contributed by atoms with van der Waals surface area (Å²) < 4.78 is 26.5. The average Bonchev–Trinajstić information content (AvgIpc) is 2.35. The molecule has 0 saturated carbocycles. The second-order valence-electron chi connectivity index (χ2n) is 3.44. The molecule has 0 amide bonds. The second-order valence-corrected chi connectivity index (χ2v) is 8.91. The van der Waals surface area contributed by atoms with Gasteiger partial charge in [0.05, 0.1) is 0 Å². The van der Waals surface area contributed by atoms with Crippen molar-refractivity contribution in [1.29, 1.82) is 0 Å². The first-order chi connectivity index (χ1) is 7.67. The molecule has 0 aromatic heterocycles. The molecule has 16 heavy (non-hydrogen) atoms. The first-order valence-corrected chi connectivity index (χ1v) is 9.08. The average molecular weight is 268 g/mol. The summed E-state index contributed by atoms with van der Waals surface area (Å²) in [6, 6.07) is 1.85. The molecule has 0 aromatic carbocycles. The third kappa shape index (κ3) is 5.53. The smallest absolute Gasteiger partial charge is 0.400 e.